The molecular formula is C15H13F3N4O2S2. The van der Waals surface area contributed by atoms with Crippen molar-refractivity contribution in [2.75, 3.05) is 5.75 Å². The summed E-state index contributed by atoms with van der Waals surface area (Å²) in [6, 6.07) is 2.21. The zero-order chi connectivity index (χ0) is 19.3. The maximum absolute atomic E-state index is 13.0. The van der Waals surface area contributed by atoms with E-state index in [0.29, 0.717) is 28.3 Å². The predicted octanol–water partition coefficient (Wildman–Crippen LogP) is 3.13. The number of aryl methyl sites for hydroxylation is 1. The van der Waals surface area contributed by atoms with Gasteiger partial charge in [-0.2, -0.15) is 13.2 Å². The Morgan fingerprint density at radius 1 is 1.19 bits per heavy atom. The molecule has 3 aromatic rings. The molecule has 0 aliphatic rings. The van der Waals surface area contributed by atoms with Crippen LogP contribution in [0.2, 0.25) is 0 Å². The lowest BCUT2D eigenvalue weighted by atomic mass is 10.2. The maximum atomic E-state index is 13.0. The normalized spacial score (nSPS) is 12.7. The van der Waals surface area contributed by atoms with Crippen molar-refractivity contribution in [3.05, 3.63) is 30.1 Å². The Balaban J connectivity index is 2.33. The molecule has 0 atom stereocenters. The molecule has 3 aromatic heterocycles. The van der Waals surface area contributed by atoms with Gasteiger partial charge in [0.05, 0.1) is 16.2 Å². The van der Waals surface area contributed by atoms with Crippen LogP contribution in [0, 0.1) is 0 Å². The number of hydrogen-bond acceptors (Lipinski definition) is 6. The summed E-state index contributed by atoms with van der Waals surface area (Å²) in [5.41, 5.74) is -0.431. The van der Waals surface area contributed by atoms with Gasteiger partial charge in [-0.05, 0) is 12.1 Å². The Kier molecular flexibility index (Phi) is 4.47. The number of nitrogens with zero attached hydrogens (tertiary/aromatic N) is 4. The molecule has 0 amide bonds. The van der Waals surface area contributed by atoms with Gasteiger partial charge in [0.1, 0.15) is 11.2 Å². The topological polar surface area (TPSA) is 77.7 Å². The second kappa shape index (κ2) is 6.23. The number of fused-ring (bicyclic) bond motifs is 1. The average molecular weight is 402 g/mol. The van der Waals surface area contributed by atoms with Crippen LogP contribution in [0.4, 0.5) is 13.2 Å². The van der Waals surface area contributed by atoms with E-state index in [0.717, 1.165) is 0 Å². The van der Waals surface area contributed by atoms with Crippen LogP contribution in [0.15, 0.2) is 34.3 Å². The molecule has 138 valence electrons. The highest BCUT2D eigenvalue weighted by Gasteiger charge is 2.34. The fourth-order valence-electron chi connectivity index (χ4n) is 2.44. The zero-order valence-corrected chi connectivity index (χ0v) is 15.3. The van der Waals surface area contributed by atoms with Crippen molar-refractivity contribution in [2.45, 2.75) is 22.9 Å². The highest BCUT2D eigenvalue weighted by molar-refractivity contribution is 7.91. The van der Waals surface area contributed by atoms with Gasteiger partial charge in [-0.3, -0.25) is 4.98 Å². The van der Waals surface area contributed by atoms with E-state index in [2.05, 4.69) is 27.6 Å². The lowest BCUT2D eigenvalue weighted by Gasteiger charge is -2.12. The molecule has 0 spiro atoms. The number of alkyl halides is 3. The molecule has 0 radical (unpaired) electrons. The summed E-state index contributed by atoms with van der Waals surface area (Å²) < 4.78 is 65.3. The second-order valence-corrected chi connectivity index (χ2v) is 8.27. The quantitative estimate of drug-likeness (QED) is 0.681. The first-order chi connectivity index (χ1) is 12.0. The molecule has 0 saturated heterocycles. The fraction of sp³-hybridized carbons (Fsp3) is 0.267. The van der Waals surface area contributed by atoms with Crippen LogP contribution >= 0.6 is 12.6 Å². The molecule has 0 N–H and O–H groups in total. The largest absolute Gasteiger partial charge is 0.417 e. The number of rotatable bonds is 3. The monoisotopic (exact) mass is 402 g/mol. The van der Waals surface area contributed by atoms with Gasteiger partial charge < -0.3 is 4.57 Å². The number of sulfone groups is 1. The minimum absolute atomic E-state index is 0.104. The summed E-state index contributed by atoms with van der Waals surface area (Å²) in [5, 5.41) is 0. The third-order valence-electron chi connectivity index (χ3n) is 3.80. The molecular weight excluding hydrogens is 389 g/mol. The van der Waals surface area contributed by atoms with Gasteiger partial charge in [-0.1, -0.05) is 6.92 Å². The number of halogens is 3. The number of aromatic nitrogens is 4. The first kappa shape index (κ1) is 18.6. The smallest absolute Gasteiger partial charge is 0.310 e. The number of hydrogen-bond donors (Lipinski definition) is 1. The standard InChI is InChI=1S/C15H13F3N4O2S2/c1-3-26(23,24)11-4-8(15(16,17)18)6-19-12(11)14-21-10-5-9(25)7-20-13(10)22(14)2/h4-7,25H,3H2,1-2H3. The third kappa shape index (κ3) is 3.16. The van der Waals surface area contributed by atoms with Crippen molar-refractivity contribution >= 4 is 33.6 Å². The van der Waals surface area contributed by atoms with E-state index in [-0.39, 0.29) is 17.3 Å². The van der Waals surface area contributed by atoms with E-state index in [9.17, 15) is 21.6 Å². The summed E-state index contributed by atoms with van der Waals surface area (Å²) >= 11 is 4.17. The van der Waals surface area contributed by atoms with Gasteiger partial charge in [0.25, 0.3) is 0 Å². The number of thiol groups is 1. The van der Waals surface area contributed by atoms with Gasteiger partial charge in [0.2, 0.25) is 0 Å². The van der Waals surface area contributed by atoms with E-state index >= 15 is 0 Å². The first-order valence-electron chi connectivity index (χ1n) is 7.36. The van der Waals surface area contributed by atoms with Crippen molar-refractivity contribution in [2.24, 2.45) is 7.05 Å². The molecule has 0 bridgehead atoms. The average Bonchev–Trinajstić information content (AvgIpc) is 2.89. The van der Waals surface area contributed by atoms with Crippen LogP contribution in [-0.2, 0) is 23.1 Å². The highest BCUT2D eigenvalue weighted by Crippen LogP contribution is 2.34. The van der Waals surface area contributed by atoms with Gasteiger partial charge in [-0.15, -0.1) is 12.6 Å². The van der Waals surface area contributed by atoms with Crippen LogP contribution in [0.5, 0.6) is 0 Å². The van der Waals surface area contributed by atoms with Gasteiger partial charge in [0.15, 0.2) is 21.3 Å². The van der Waals surface area contributed by atoms with E-state index < -0.39 is 26.5 Å². The lowest BCUT2D eigenvalue weighted by Crippen LogP contribution is -2.13. The Morgan fingerprint density at radius 3 is 2.50 bits per heavy atom. The Labute approximate surface area is 152 Å². The van der Waals surface area contributed by atoms with Crippen LogP contribution in [0.3, 0.4) is 0 Å². The van der Waals surface area contributed by atoms with Crippen molar-refractivity contribution in [1.82, 2.24) is 19.5 Å². The summed E-state index contributed by atoms with van der Waals surface area (Å²) in [6.45, 7) is 1.35. The second-order valence-electron chi connectivity index (χ2n) is 5.50. The number of pyridine rings is 2. The summed E-state index contributed by atoms with van der Waals surface area (Å²) in [4.78, 5) is 12.3. The molecule has 3 rings (SSSR count). The zero-order valence-electron chi connectivity index (χ0n) is 13.6. The van der Waals surface area contributed by atoms with Crippen LogP contribution in [-0.4, -0.2) is 33.7 Å². The molecule has 26 heavy (non-hydrogen) atoms. The van der Waals surface area contributed by atoms with Gasteiger partial charge >= 0.3 is 6.18 Å². The lowest BCUT2D eigenvalue weighted by molar-refractivity contribution is -0.138. The SMILES string of the molecule is CCS(=O)(=O)c1cc(C(F)(F)F)cnc1-c1nc2cc(S)cnc2n1C. The molecule has 6 nitrogen and oxygen atoms in total. The van der Waals surface area contributed by atoms with Crippen LogP contribution in [0.1, 0.15) is 12.5 Å². The molecule has 3 heterocycles. The van der Waals surface area contributed by atoms with Crippen molar-refractivity contribution in [3.8, 4) is 11.5 Å². The van der Waals surface area contributed by atoms with E-state index in [1.165, 1.54) is 17.7 Å². The van der Waals surface area contributed by atoms with Crippen LogP contribution in [0.25, 0.3) is 22.7 Å². The third-order valence-corrected chi connectivity index (χ3v) is 5.79. The Bertz CT molecular complexity index is 1110. The molecule has 0 unspecified atom stereocenters. The Morgan fingerprint density at radius 2 is 1.88 bits per heavy atom. The molecule has 0 fully saturated rings. The molecule has 0 aliphatic heterocycles. The van der Waals surface area contributed by atoms with Crippen LogP contribution < -0.4 is 0 Å². The van der Waals surface area contributed by atoms with Gasteiger partial charge in [-0.25, -0.2) is 18.4 Å². The van der Waals surface area contributed by atoms with E-state index in [4.69, 9.17) is 0 Å². The molecule has 0 aliphatic carbocycles. The molecule has 11 heteroatoms. The predicted molar refractivity (Wildman–Crippen MR) is 91.7 cm³/mol. The molecule has 0 saturated carbocycles. The van der Waals surface area contributed by atoms with Gasteiger partial charge in [0, 0.05) is 24.3 Å². The van der Waals surface area contributed by atoms with Crippen molar-refractivity contribution in [3.63, 3.8) is 0 Å². The number of imidazole rings is 1. The highest BCUT2D eigenvalue weighted by atomic mass is 32.2. The minimum atomic E-state index is -4.71. The Hall–Kier alpha value is -2.14. The van der Waals surface area contributed by atoms with E-state index in [1.54, 1.807) is 13.1 Å². The van der Waals surface area contributed by atoms with Crippen molar-refractivity contribution < 1.29 is 21.6 Å². The van der Waals surface area contributed by atoms with Crippen molar-refractivity contribution in [1.29, 1.82) is 0 Å². The molecule has 0 aromatic carbocycles. The fourth-order valence-corrected chi connectivity index (χ4v) is 3.67. The first-order valence-corrected chi connectivity index (χ1v) is 9.46. The summed E-state index contributed by atoms with van der Waals surface area (Å²) in [7, 11) is -2.39. The summed E-state index contributed by atoms with van der Waals surface area (Å²) in [5.74, 6) is -0.265. The maximum Gasteiger partial charge on any atom is 0.417 e. The van der Waals surface area contributed by atoms with E-state index in [1.807, 2.05) is 0 Å². The summed E-state index contributed by atoms with van der Waals surface area (Å²) in [6.07, 6.45) is -2.63. The minimum Gasteiger partial charge on any atom is -0.310 e.